The third kappa shape index (κ3) is 4.95. The van der Waals surface area contributed by atoms with Crippen molar-refractivity contribution >= 4 is 27.6 Å². The summed E-state index contributed by atoms with van der Waals surface area (Å²) < 4.78 is 2.94. The summed E-state index contributed by atoms with van der Waals surface area (Å²) in [6, 6.07) is 22.5. The van der Waals surface area contributed by atoms with E-state index in [0.29, 0.717) is 5.41 Å². The van der Waals surface area contributed by atoms with E-state index in [1.54, 1.807) is 11.3 Å². The molecule has 0 N–H and O–H groups in total. The molecule has 1 aliphatic carbocycles. The van der Waals surface area contributed by atoms with Crippen LogP contribution in [0.25, 0.3) is 0 Å². The monoisotopic (exact) mass is 405 g/mol. The lowest BCUT2D eigenvalue weighted by Crippen LogP contribution is -2.64. The highest BCUT2D eigenvalue weighted by Gasteiger charge is 2.37. The maximum absolute atomic E-state index is 2.94. The number of hydrogen-bond donors (Lipinski definition) is 0. The van der Waals surface area contributed by atoms with Crippen LogP contribution < -0.4 is 10.4 Å². The SMILES string of the molecule is CC(C)(C)CC1=C(N([SiH](c2ccccc2)c2ccccc2)[Si](C)(C)C)CC=C1. The molecule has 3 heteroatoms. The summed E-state index contributed by atoms with van der Waals surface area (Å²) in [5.74, 6) is 0. The largest absolute Gasteiger partial charge is 0.423 e. The van der Waals surface area contributed by atoms with Gasteiger partial charge in [0.1, 0.15) is 8.24 Å². The molecule has 0 heterocycles. The summed E-state index contributed by atoms with van der Waals surface area (Å²) >= 11 is 0. The third-order valence-corrected chi connectivity index (χ3v) is 12.9. The maximum Gasteiger partial charge on any atom is 0.195 e. The first-order valence-corrected chi connectivity index (χ1v) is 15.6. The summed E-state index contributed by atoms with van der Waals surface area (Å²) in [6.45, 7) is 14.6. The van der Waals surface area contributed by atoms with Crippen molar-refractivity contribution in [1.82, 2.24) is 4.23 Å². The van der Waals surface area contributed by atoms with E-state index >= 15 is 0 Å². The van der Waals surface area contributed by atoms with Gasteiger partial charge in [-0.25, -0.2) is 0 Å². The smallest absolute Gasteiger partial charge is 0.195 e. The van der Waals surface area contributed by atoms with E-state index in [-0.39, 0.29) is 0 Å². The van der Waals surface area contributed by atoms with Crippen LogP contribution in [0.4, 0.5) is 0 Å². The van der Waals surface area contributed by atoms with Crippen LogP contribution in [0.1, 0.15) is 33.6 Å². The van der Waals surface area contributed by atoms with Crippen molar-refractivity contribution in [2.45, 2.75) is 53.3 Å². The van der Waals surface area contributed by atoms with E-state index in [9.17, 15) is 0 Å². The number of nitrogens with zero attached hydrogens (tertiary/aromatic N) is 1. The number of hydrogen-bond acceptors (Lipinski definition) is 1. The average Bonchev–Trinajstić information content (AvgIpc) is 3.05. The Labute approximate surface area is 174 Å². The van der Waals surface area contributed by atoms with Crippen LogP contribution in [0.3, 0.4) is 0 Å². The molecule has 0 bridgehead atoms. The molecule has 0 saturated heterocycles. The highest BCUT2D eigenvalue weighted by atomic mass is 28.4. The zero-order valence-electron chi connectivity index (χ0n) is 18.4. The molecule has 0 aromatic heterocycles. The normalized spacial score (nSPS) is 14.8. The van der Waals surface area contributed by atoms with Gasteiger partial charge in [-0.3, -0.25) is 0 Å². The van der Waals surface area contributed by atoms with Crippen molar-refractivity contribution in [3.05, 3.63) is 84.1 Å². The molecule has 28 heavy (non-hydrogen) atoms. The zero-order chi connectivity index (χ0) is 20.4. The second-order valence-corrected chi connectivity index (χ2v) is 18.1. The molecule has 0 fully saturated rings. The molecular formula is C25H35NSi2. The van der Waals surface area contributed by atoms with Gasteiger partial charge in [-0.15, -0.1) is 0 Å². The molecule has 1 aliphatic rings. The fourth-order valence-corrected chi connectivity index (χ4v) is 12.0. The van der Waals surface area contributed by atoms with Crippen LogP contribution in [-0.4, -0.2) is 21.4 Å². The van der Waals surface area contributed by atoms with Gasteiger partial charge in [0.25, 0.3) is 0 Å². The molecule has 0 spiro atoms. The molecule has 0 saturated carbocycles. The van der Waals surface area contributed by atoms with Crippen LogP contribution >= 0.6 is 0 Å². The molecule has 0 radical (unpaired) electrons. The second kappa shape index (κ2) is 8.26. The lowest BCUT2D eigenvalue weighted by Gasteiger charge is -2.45. The first-order chi connectivity index (χ1) is 13.2. The van der Waals surface area contributed by atoms with Gasteiger partial charge in [0.2, 0.25) is 0 Å². The van der Waals surface area contributed by atoms with Crippen molar-refractivity contribution in [2.24, 2.45) is 5.41 Å². The molecule has 0 unspecified atom stereocenters. The zero-order valence-corrected chi connectivity index (χ0v) is 20.5. The first kappa shape index (κ1) is 20.9. The minimum absolute atomic E-state index is 0.302. The van der Waals surface area contributed by atoms with Gasteiger partial charge in [0.05, 0.1) is 0 Å². The molecule has 3 rings (SSSR count). The highest BCUT2D eigenvalue weighted by molar-refractivity contribution is 6.94. The lowest BCUT2D eigenvalue weighted by atomic mass is 9.88. The van der Waals surface area contributed by atoms with Gasteiger partial charge >= 0.3 is 0 Å². The van der Waals surface area contributed by atoms with Crippen LogP contribution in [-0.2, 0) is 0 Å². The third-order valence-electron chi connectivity index (χ3n) is 5.22. The summed E-state index contributed by atoms with van der Waals surface area (Å²) in [6.07, 6.45) is 7.00. The van der Waals surface area contributed by atoms with Gasteiger partial charge in [-0.05, 0) is 27.8 Å². The topological polar surface area (TPSA) is 3.24 Å². The Kier molecular flexibility index (Phi) is 6.16. The van der Waals surface area contributed by atoms with E-state index < -0.39 is 17.2 Å². The number of benzene rings is 2. The molecule has 0 amide bonds. The summed E-state index contributed by atoms with van der Waals surface area (Å²) in [5, 5.41) is 3.04. The molecule has 0 aliphatic heterocycles. The Hall–Kier alpha value is -1.85. The molecule has 2 aromatic rings. The first-order valence-electron chi connectivity index (χ1n) is 10.4. The van der Waals surface area contributed by atoms with E-state index in [4.69, 9.17) is 0 Å². The van der Waals surface area contributed by atoms with E-state index in [1.807, 2.05) is 0 Å². The quantitative estimate of drug-likeness (QED) is 0.589. The van der Waals surface area contributed by atoms with E-state index in [0.717, 1.165) is 12.8 Å². The van der Waals surface area contributed by atoms with Crippen LogP contribution in [0.5, 0.6) is 0 Å². The molecule has 148 valence electrons. The van der Waals surface area contributed by atoms with Crippen LogP contribution in [0, 0.1) is 5.41 Å². The summed E-state index contributed by atoms with van der Waals surface area (Å²) in [5.41, 5.74) is 3.45. The van der Waals surface area contributed by atoms with Crippen molar-refractivity contribution in [3.63, 3.8) is 0 Å². The van der Waals surface area contributed by atoms with Crippen LogP contribution in [0.15, 0.2) is 84.1 Å². The maximum atomic E-state index is 2.94. The van der Waals surface area contributed by atoms with E-state index in [1.165, 1.54) is 10.4 Å². The fraction of sp³-hybridized carbons (Fsp3) is 0.360. The Morgan fingerprint density at radius 3 is 1.79 bits per heavy atom. The lowest BCUT2D eigenvalue weighted by molar-refractivity contribution is 0.410. The Morgan fingerprint density at radius 1 is 0.857 bits per heavy atom. The highest BCUT2D eigenvalue weighted by Crippen LogP contribution is 2.35. The van der Waals surface area contributed by atoms with Gasteiger partial charge in [-0.1, -0.05) is 113 Å². The van der Waals surface area contributed by atoms with Gasteiger partial charge in [-0.2, -0.15) is 0 Å². The summed E-state index contributed by atoms with van der Waals surface area (Å²) in [4.78, 5) is 0. The second-order valence-electron chi connectivity index (χ2n) is 10.1. The molecule has 0 atom stereocenters. The van der Waals surface area contributed by atoms with Crippen molar-refractivity contribution in [1.29, 1.82) is 0 Å². The predicted molar refractivity (Wildman–Crippen MR) is 129 cm³/mol. The number of allylic oxidation sites excluding steroid dienone is 3. The van der Waals surface area contributed by atoms with E-state index in [2.05, 4.69) is 117 Å². The van der Waals surface area contributed by atoms with Crippen molar-refractivity contribution < 1.29 is 0 Å². The van der Waals surface area contributed by atoms with Crippen molar-refractivity contribution in [2.75, 3.05) is 0 Å². The average molecular weight is 406 g/mol. The Balaban J connectivity index is 2.17. The molecule has 2 aromatic carbocycles. The minimum atomic E-state index is -1.60. The predicted octanol–water partition coefficient (Wildman–Crippen LogP) is 5.31. The van der Waals surface area contributed by atoms with Crippen molar-refractivity contribution in [3.8, 4) is 0 Å². The Bertz CT molecular complexity index is 800. The number of rotatable bonds is 6. The van der Waals surface area contributed by atoms with Gasteiger partial charge in [0, 0.05) is 12.1 Å². The fourth-order valence-electron chi connectivity index (χ4n) is 4.23. The van der Waals surface area contributed by atoms with Gasteiger partial charge < -0.3 is 4.23 Å². The Morgan fingerprint density at radius 2 is 1.36 bits per heavy atom. The summed E-state index contributed by atoms with van der Waals surface area (Å²) in [7, 11) is -3.15. The molecule has 1 nitrogen and oxygen atoms in total. The standard InChI is InChI=1S/C25H35NSi2/c1-25(2,3)20-21-14-13-19-24(21)26(28(4,5)6)27(22-15-9-7-10-16-22)23-17-11-8-12-18-23/h7-18,27H,19-20H2,1-6H3. The van der Waals surface area contributed by atoms with Gasteiger partial charge in [0.15, 0.2) is 8.96 Å². The van der Waals surface area contributed by atoms with Crippen LogP contribution in [0.2, 0.25) is 19.6 Å². The molecular weight excluding hydrogens is 370 g/mol. The minimum Gasteiger partial charge on any atom is -0.423 e.